The minimum atomic E-state index is -2.71. The van der Waals surface area contributed by atoms with Gasteiger partial charge in [0.1, 0.15) is 0 Å². The van der Waals surface area contributed by atoms with E-state index in [9.17, 15) is 13.6 Å². The second-order valence-corrected chi connectivity index (χ2v) is 4.38. The molecule has 0 N–H and O–H groups in total. The Bertz CT molecular complexity index is 441. The summed E-state index contributed by atoms with van der Waals surface area (Å²) in [7, 11) is 1.27. The normalized spacial score (nSPS) is 10.6. The van der Waals surface area contributed by atoms with Crippen molar-refractivity contribution >= 4 is 28.6 Å². The van der Waals surface area contributed by atoms with Crippen molar-refractivity contribution in [3.63, 3.8) is 0 Å². The Morgan fingerprint density at radius 2 is 2.22 bits per heavy atom. The average Bonchev–Trinajstić information content (AvgIpc) is 2.31. The van der Waals surface area contributed by atoms with Crippen molar-refractivity contribution in [3.8, 4) is 5.88 Å². The summed E-state index contributed by atoms with van der Waals surface area (Å²) in [6.07, 6.45) is -1.44. The number of rotatable bonds is 5. The van der Waals surface area contributed by atoms with Gasteiger partial charge in [-0.15, -0.1) is 0 Å². The van der Waals surface area contributed by atoms with Crippen molar-refractivity contribution in [2.24, 2.45) is 0 Å². The molecule has 1 aromatic rings. The van der Waals surface area contributed by atoms with Gasteiger partial charge in [-0.1, -0.05) is 0 Å². The van der Waals surface area contributed by atoms with Gasteiger partial charge < -0.3 is 9.47 Å². The molecule has 0 saturated heterocycles. The van der Waals surface area contributed by atoms with E-state index in [0.717, 1.165) is 0 Å². The number of ether oxygens (including phenoxy) is 2. The molecule has 1 rings (SSSR count). The Kier molecular flexibility index (Phi) is 5.70. The predicted molar refractivity (Wildman–Crippen MR) is 68.8 cm³/mol. The second kappa shape index (κ2) is 6.81. The van der Waals surface area contributed by atoms with Crippen LogP contribution in [0.1, 0.15) is 24.5 Å². The first-order valence-electron chi connectivity index (χ1n) is 5.16. The van der Waals surface area contributed by atoms with Crippen molar-refractivity contribution in [3.05, 3.63) is 20.9 Å². The number of halogens is 3. The van der Waals surface area contributed by atoms with Gasteiger partial charge in [0, 0.05) is 9.77 Å². The SMILES string of the molecule is CCOC(=O)Cc1cnc(OC)c(C(F)F)c1I. The molecule has 0 spiro atoms. The van der Waals surface area contributed by atoms with Crippen LogP contribution in [-0.2, 0) is 16.0 Å². The number of carbonyl (C=O) groups is 1. The highest BCUT2D eigenvalue weighted by molar-refractivity contribution is 14.1. The summed E-state index contributed by atoms with van der Waals surface area (Å²) in [5.41, 5.74) is 0.116. The van der Waals surface area contributed by atoms with E-state index in [-0.39, 0.29) is 28.0 Å². The van der Waals surface area contributed by atoms with E-state index in [4.69, 9.17) is 9.47 Å². The zero-order valence-corrected chi connectivity index (χ0v) is 12.0. The molecule has 0 fully saturated rings. The quantitative estimate of drug-likeness (QED) is 0.590. The molecular weight excluding hydrogens is 359 g/mol. The summed E-state index contributed by atoms with van der Waals surface area (Å²) in [4.78, 5) is 15.1. The van der Waals surface area contributed by atoms with Crippen molar-refractivity contribution in [1.82, 2.24) is 4.98 Å². The molecule has 0 aliphatic carbocycles. The highest BCUT2D eigenvalue weighted by atomic mass is 127. The number of nitrogens with zero attached hydrogens (tertiary/aromatic N) is 1. The number of carbonyl (C=O) groups excluding carboxylic acids is 1. The third-order valence-corrected chi connectivity index (χ3v) is 3.41. The first-order valence-corrected chi connectivity index (χ1v) is 6.24. The van der Waals surface area contributed by atoms with Crippen LogP contribution in [-0.4, -0.2) is 24.7 Å². The lowest BCUT2D eigenvalue weighted by Crippen LogP contribution is -2.11. The van der Waals surface area contributed by atoms with Gasteiger partial charge in [0.15, 0.2) is 0 Å². The summed E-state index contributed by atoms with van der Waals surface area (Å²) < 4.78 is 35.6. The van der Waals surface area contributed by atoms with Gasteiger partial charge in [-0.2, -0.15) is 0 Å². The van der Waals surface area contributed by atoms with Crippen molar-refractivity contribution in [2.45, 2.75) is 19.8 Å². The third kappa shape index (κ3) is 3.50. The molecular formula is C11H12F2INO3. The highest BCUT2D eigenvalue weighted by Crippen LogP contribution is 2.33. The zero-order valence-electron chi connectivity index (χ0n) is 9.87. The van der Waals surface area contributed by atoms with Crippen LogP contribution < -0.4 is 4.74 Å². The maximum atomic E-state index is 12.9. The summed E-state index contributed by atoms with van der Waals surface area (Å²) in [6, 6.07) is 0. The fraction of sp³-hybridized carbons (Fsp3) is 0.455. The molecule has 100 valence electrons. The number of hydrogen-bond acceptors (Lipinski definition) is 4. The Labute approximate surface area is 117 Å². The number of methoxy groups -OCH3 is 1. The van der Waals surface area contributed by atoms with E-state index in [1.54, 1.807) is 29.5 Å². The Morgan fingerprint density at radius 1 is 1.56 bits per heavy atom. The van der Waals surface area contributed by atoms with E-state index in [1.807, 2.05) is 0 Å². The summed E-state index contributed by atoms with van der Waals surface area (Å²) in [5, 5.41) is 0. The molecule has 0 amide bonds. The lowest BCUT2D eigenvalue weighted by Gasteiger charge is -2.12. The topological polar surface area (TPSA) is 48.4 Å². The largest absolute Gasteiger partial charge is 0.481 e. The minimum absolute atomic E-state index is 0.0805. The molecule has 18 heavy (non-hydrogen) atoms. The zero-order chi connectivity index (χ0) is 13.7. The minimum Gasteiger partial charge on any atom is -0.481 e. The molecule has 4 nitrogen and oxygen atoms in total. The van der Waals surface area contributed by atoms with Crippen LogP contribution in [0.25, 0.3) is 0 Å². The van der Waals surface area contributed by atoms with Gasteiger partial charge in [0.05, 0.1) is 25.7 Å². The fourth-order valence-electron chi connectivity index (χ4n) is 1.37. The number of pyridine rings is 1. The molecule has 0 unspecified atom stereocenters. The number of esters is 1. The van der Waals surface area contributed by atoms with Gasteiger partial charge >= 0.3 is 5.97 Å². The maximum Gasteiger partial charge on any atom is 0.310 e. The molecule has 7 heteroatoms. The van der Waals surface area contributed by atoms with Crippen LogP contribution in [0, 0.1) is 3.57 Å². The second-order valence-electron chi connectivity index (χ2n) is 3.30. The Hall–Kier alpha value is -0.990. The first kappa shape index (κ1) is 15.1. The van der Waals surface area contributed by atoms with Gasteiger partial charge in [-0.05, 0) is 35.1 Å². The van der Waals surface area contributed by atoms with Crippen LogP contribution in [0.15, 0.2) is 6.20 Å². The third-order valence-electron chi connectivity index (χ3n) is 2.14. The number of aromatic nitrogens is 1. The Balaban J connectivity index is 3.08. The van der Waals surface area contributed by atoms with Crippen molar-refractivity contribution < 1.29 is 23.0 Å². The fourth-order valence-corrected chi connectivity index (χ4v) is 2.17. The number of alkyl halides is 2. The van der Waals surface area contributed by atoms with E-state index >= 15 is 0 Å². The average molecular weight is 371 g/mol. The van der Waals surface area contributed by atoms with E-state index in [2.05, 4.69) is 4.98 Å². The molecule has 0 saturated carbocycles. The van der Waals surface area contributed by atoms with Crippen LogP contribution >= 0.6 is 22.6 Å². The van der Waals surface area contributed by atoms with Gasteiger partial charge in [0.25, 0.3) is 6.43 Å². The van der Waals surface area contributed by atoms with Gasteiger partial charge in [0.2, 0.25) is 5.88 Å². The van der Waals surface area contributed by atoms with E-state index in [1.165, 1.54) is 13.3 Å². The lowest BCUT2D eigenvalue weighted by molar-refractivity contribution is -0.142. The van der Waals surface area contributed by atoms with Crippen LogP contribution in [0.5, 0.6) is 5.88 Å². The molecule has 1 aromatic heterocycles. The summed E-state index contributed by atoms with van der Waals surface area (Å²) in [5.74, 6) is -0.593. The summed E-state index contributed by atoms with van der Waals surface area (Å²) in [6.45, 7) is 1.93. The lowest BCUT2D eigenvalue weighted by atomic mass is 10.1. The predicted octanol–water partition coefficient (Wildman–Crippen LogP) is 2.74. The highest BCUT2D eigenvalue weighted by Gasteiger charge is 2.22. The molecule has 0 atom stereocenters. The summed E-state index contributed by atoms with van der Waals surface area (Å²) >= 11 is 1.76. The molecule has 1 heterocycles. The van der Waals surface area contributed by atoms with Crippen molar-refractivity contribution in [2.75, 3.05) is 13.7 Å². The molecule has 0 bridgehead atoms. The van der Waals surface area contributed by atoms with Gasteiger partial charge in [-0.3, -0.25) is 4.79 Å². The maximum absolute atomic E-state index is 12.9. The van der Waals surface area contributed by atoms with Crippen molar-refractivity contribution in [1.29, 1.82) is 0 Å². The number of hydrogen-bond donors (Lipinski definition) is 0. The molecule has 0 aliphatic rings. The standard InChI is InChI=1S/C11H12F2INO3/c1-3-18-7(16)4-6-5-15-11(17-2)8(9(6)14)10(12)13/h5,10H,3-4H2,1-2H3. The first-order chi connectivity index (χ1) is 8.51. The van der Waals surface area contributed by atoms with Crippen LogP contribution in [0.4, 0.5) is 8.78 Å². The Morgan fingerprint density at radius 3 is 2.72 bits per heavy atom. The molecule has 0 aromatic carbocycles. The molecule has 0 aliphatic heterocycles. The monoisotopic (exact) mass is 371 g/mol. The van der Waals surface area contributed by atoms with E-state index < -0.39 is 12.4 Å². The van der Waals surface area contributed by atoms with Crippen LogP contribution in [0.2, 0.25) is 0 Å². The van der Waals surface area contributed by atoms with Gasteiger partial charge in [-0.25, -0.2) is 13.8 Å². The smallest absolute Gasteiger partial charge is 0.310 e. The van der Waals surface area contributed by atoms with E-state index in [0.29, 0.717) is 5.56 Å². The molecule has 0 radical (unpaired) electrons. The van der Waals surface area contributed by atoms with Crippen LogP contribution in [0.3, 0.4) is 0 Å².